The summed E-state index contributed by atoms with van der Waals surface area (Å²) in [6.45, 7) is 1.93. The molecule has 0 bridgehead atoms. The molecule has 2 rings (SSSR count). The summed E-state index contributed by atoms with van der Waals surface area (Å²) in [5.41, 5.74) is -0.404. The lowest BCUT2D eigenvalue weighted by Crippen LogP contribution is -2.23. The molecule has 94 valence electrons. The van der Waals surface area contributed by atoms with Gasteiger partial charge in [-0.3, -0.25) is 0 Å². The van der Waals surface area contributed by atoms with E-state index in [1.807, 2.05) is 6.92 Å². The van der Waals surface area contributed by atoms with Crippen LogP contribution in [0, 0.1) is 0 Å². The molecule has 17 heavy (non-hydrogen) atoms. The maximum atomic E-state index is 13.0. The topological polar surface area (TPSA) is 0 Å². The summed E-state index contributed by atoms with van der Waals surface area (Å²) in [4.78, 5) is 0.328. The molecule has 1 aliphatic rings. The molecule has 1 aromatic rings. The molecule has 0 spiro atoms. The molecule has 0 nitrogen and oxygen atoms in total. The second-order valence-electron chi connectivity index (χ2n) is 4.94. The van der Waals surface area contributed by atoms with E-state index in [0.717, 1.165) is 19.3 Å². The number of benzene rings is 1. The zero-order chi connectivity index (χ0) is 12.7. The predicted molar refractivity (Wildman–Crippen MR) is 65.4 cm³/mol. The van der Waals surface area contributed by atoms with Crippen molar-refractivity contribution in [3.05, 3.63) is 35.4 Å². The molecule has 0 saturated heterocycles. The molecule has 0 aliphatic heterocycles. The van der Waals surface area contributed by atoms with E-state index in [1.54, 1.807) is 12.1 Å². The van der Waals surface area contributed by atoms with Crippen LogP contribution in [0.1, 0.15) is 37.3 Å². The van der Waals surface area contributed by atoms with E-state index in [2.05, 4.69) is 15.9 Å². The Morgan fingerprint density at radius 1 is 1.29 bits per heavy atom. The van der Waals surface area contributed by atoms with Gasteiger partial charge in [0.2, 0.25) is 0 Å². The Kier molecular flexibility index (Phi) is 3.27. The van der Waals surface area contributed by atoms with Crippen molar-refractivity contribution in [2.75, 3.05) is 0 Å². The maximum absolute atomic E-state index is 13.0. The van der Waals surface area contributed by atoms with Crippen molar-refractivity contribution in [2.24, 2.45) is 0 Å². The third-order valence-electron chi connectivity index (χ3n) is 3.56. The van der Waals surface area contributed by atoms with Crippen molar-refractivity contribution in [3.8, 4) is 0 Å². The summed E-state index contributed by atoms with van der Waals surface area (Å²) in [6, 6.07) is 5.95. The van der Waals surface area contributed by atoms with Crippen molar-refractivity contribution in [2.45, 2.75) is 42.6 Å². The molecule has 2 atom stereocenters. The van der Waals surface area contributed by atoms with Crippen molar-refractivity contribution in [3.63, 3.8) is 0 Å². The molecule has 1 aliphatic carbocycles. The van der Waals surface area contributed by atoms with Gasteiger partial charge in [-0.15, -0.1) is 0 Å². The lowest BCUT2D eigenvalue weighted by atomic mass is 9.78. The standard InChI is InChI=1S/C13H14BrF3/c1-12(7-6-9(14)8-12)10-4-2-3-5-11(10)13(15,16)17/h2-5,9H,6-8H2,1H3. The van der Waals surface area contributed by atoms with E-state index in [0.29, 0.717) is 10.4 Å². The van der Waals surface area contributed by atoms with Crippen molar-refractivity contribution in [1.29, 1.82) is 0 Å². The predicted octanol–water partition coefficient (Wildman–Crippen LogP) is 4.91. The van der Waals surface area contributed by atoms with E-state index < -0.39 is 11.7 Å². The molecule has 0 N–H and O–H groups in total. The fourth-order valence-electron chi connectivity index (χ4n) is 2.67. The van der Waals surface area contributed by atoms with Crippen LogP contribution in [0.3, 0.4) is 0 Å². The highest BCUT2D eigenvalue weighted by Gasteiger charge is 2.42. The molecule has 1 fully saturated rings. The summed E-state index contributed by atoms with van der Waals surface area (Å²) in [7, 11) is 0. The summed E-state index contributed by atoms with van der Waals surface area (Å²) < 4.78 is 38.9. The average Bonchev–Trinajstić information content (AvgIpc) is 2.59. The van der Waals surface area contributed by atoms with Crippen molar-refractivity contribution >= 4 is 15.9 Å². The van der Waals surface area contributed by atoms with Gasteiger partial charge in [0.05, 0.1) is 5.56 Å². The quantitative estimate of drug-likeness (QED) is 0.647. The fourth-order valence-corrected chi connectivity index (χ4v) is 3.61. The third-order valence-corrected chi connectivity index (χ3v) is 4.35. The summed E-state index contributed by atoms with van der Waals surface area (Å²) in [5.74, 6) is 0. The first-order valence-corrected chi connectivity index (χ1v) is 6.55. The Balaban J connectivity index is 2.46. The number of halogens is 4. The smallest absolute Gasteiger partial charge is 0.166 e. The minimum absolute atomic E-state index is 0.328. The number of hydrogen-bond donors (Lipinski definition) is 0. The Labute approximate surface area is 107 Å². The Morgan fingerprint density at radius 3 is 2.47 bits per heavy atom. The second-order valence-corrected chi connectivity index (χ2v) is 6.24. The lowest BCUT2D eigenvalue weighted by molar-refractivity contribution is -0.138. The van der Waals surface area contributed by atoms with Crippen LogP contribution in [0.2, 0.25) is 0 Å². The highest BCUT2D eigenvalue weighted by molar-refractivity contribution is 9.09. The number of rotatable bonds is 1. The van der Waals surface area contributed by atoms with E-state index in [1.165, 1.54) is 12.1 Å². The van der Waals surface area contributed by atoms with Gasteiger partial charge in [-0.25, -0.2) is 0 Å². The fraction of sp³-hybridized carbons (Fsp3) is 0.538. The molecule has 1 saturated carbocycles. The van der Waals surface area contributed by atoms with E-state index in [9.17, 15) is 13.2 Å². The lowest BCUT2D eigenvalue weighted by Gasteiger charge is -2.28. The normalized spacial score (nSPS) is 29.6. The number of alkyl halides is 4. The SMILES string of the molecule is CC1(c2ccccc2C(F)(F)F)CCC(Br)C1. The minimum atomic E-state index is -4.26. The van der Waals surface area contributed by atoms with E-state index in [-0.39, 0.29) is 5.41 Å². The van der Waals surface area contributed by atoms with Crippen LogP contribution in [0.5, 0.6) is 0 Å². The first-order valence-electron chi connectivity index (χ1n) is 5.64. The zero-order valence-corrected chi connectivity index (χ0v) is 11.1. The van der Waals surface area contributed by atoms with Gasteiger partial charge in [0.15, 0.2) is 0 Å². The van der Waals surface area contributed by atoms with Crippen LogP contribution in [-0.2, 0) is 11.6 Å². The monoisotopic (exact) mass is 306 g/mol. The van der Waals surface area contributed by atoms with Gasteiger partial charge < -0.3 is 0 Å². The largest absolute Gasteiger partial charge is 0.416 e. The molecule has 2 unspecified atom stereocenters. The minimum Gasteiger partial charge on any atom is -0.166 e. The average molecular weight is 307 g/mol. The summed E-state index contributed by atoms with van der Waals surface area (Å²) >= 11 is 3.50. The maximum Gasteiger partial charge on any atom is 0.416 e. The molecule has 0 heterocycles. The van der Waals surface area contributed by atoms with Gasteiger partial charge in [0, 0.05) is 4.83 Å². The van der Waals surface area contributed by atoms with E-state index in [4.69, 9.17) is 0 Å². The summed E-state index contributed by atoms with van der Waals surface area (Å²) in [5, 5.41) is 0. The van der Waals surface area contributed by atoms with E-state index >= 15 is 0 Å². The highest BCUT2D eigenvalue weighted by Crippen LogP contribution is 2.47. The van der Waals surface area contributed by atoms with Gasteiger partial charge >= 0.3 is 6.18 Å². The van der Waals surface area contributed by atoms with Crippen LogP contribution in [-0.4, -0.2) is 4.83 Å². The van der Waals surface area contributed by atoms with Gasteiger partial charge in [-0.2, -0.15) is 13.2 Å². The van der Waals surface area contributed by atoms with Crippen molar-refractivity contribution < 1.29 is 13.2 Å². The van der Waals surface area contributed by atoms with Gasteiger partial charge in [0.25, 0.3) is 0 Å². The van der Waals surface area contributed by atoms with Crippen molar-refractivity contribution in [1.82, 2.24) is 0 Å². The molecular weight excluding hydrogens is 293 g/mol. The number of hydrogen-bond acceptors (Lipinski definition) is 0. The molecule has 0 amide bonds. The Bertz CT molecular complexity index is 413. The molecule has 0 aromatic heterocycles. The third kappa shape index (κ3) is 2.51. The van der Waals surface area contributed by atoms with Crippen LogP contribution < -0.4 is 0 Å². The molecule has 4 heteroatoms. The van der Waals surface area contributed by atoms with Crippen LogP contribution in [0.4, 0.5) is 13.2 Å². The molecule has 0 radical (unpaired) electrons. The van der Waals surface area contributed by atoms with Crippen LogP contribution in [0.15, 0.2) is 24.3 Å². The van der Waals surface area contributed by atoms with Crippen LogP contribution in [0.25, 0.3) is 0 Å². The first-order chi connectivity index (χ1) is 7.83. The van der Waals surface area contributed by atoms with Crippen LogP contribution >= 0.6 is 15.9 Å². The highest BCUT2D eigenvalue weighted by atomic mass is 79.9. The first kappa shape index (κ1) is 12.9. The molecular formula is C13H14BrF3. The Hall–Kier alpha value is -0.510. The summed E-state index contributed by atoms with van der Waals surface area (Å²) in [6.07, 6.45) is -1.76. The van der Waals surface area contributed by atoms with Gasteiger partial charge in [0.1, 0.15) is 0 Å². The Morgan fingerprint density at radius 2 is 1.94 bits per heavy atom. The second kappa shape index (κ2) is 4.30. The van der Waals surface area contributed by atoms with Gasteiger partial charge in [-0.05, 0) is 36.3 Å². The zero-order valence-electron chi connectivity index (χ0n) is 9.52. The van der Waals surface area contributed by atoms with Gasteiger partial charge in [-0.1, -0.05) is 41.1 Å². The molecule has 1 aromatic carbocycles.